The van der Waals surface area contributed by atoms with Gasteiger partial charge in [0.1, 0.15) is 11.3 Å². The fourth-order valence-corrected chi connectivity index (χ4v) is 2.76. The normalized spacial score (nSPS) is 18.4. The lowest BCUT2D eigenvalue weighted by Gasteiger charge is -2.09. The summed E-state index contributed by atoms with van der Waals surface area (Å²) < 4.78 is 13.6. The van der Waals surface area contributed by atoms with Crippen molar-refractivity contribution in [3.05, 3.63) is 29.8 Å². The molecule has 1 N–H and O–H groups in total. The molecule has 1 fully saturated rings. The summed E-state index contributed by atoms with van der Waals surface area (Å²) in [5.41, 5.74) is 1.32. The third-order valence-electron chi connectivity index (χ3n) is 3.72. The van der Waals surface area contributed by atoms with Gasteiger partial charge in [0.05, 0.1) is 5.52 Å². The highest BCUT2D eigenvalue weighted by atomic mass is 19.1. The first-order valence-corrected chi connectivity index (χ1v) is 6.49. The highest BCUT2D eigenvalue weighted by Gasteiger charge is 2.18. The van der Waals surface area contributed by atoms with Crippen LogP contribution in [0.25, 0.3) is 11.0 Å². The first-order valence-electron chi connectivity index (χ1n) is 6.49. The molecular formula is C14H17FN2. The van der Waals surface area contributed by atoms with E-state index in [9.17, 15) is 4.39 Å². The third-order valence-corrected chi connectivity index (χ3v) is 3.72. The molecule has 1 saturated carbocycles. The van der Waals surface area contributed by atoms with Crippen LogP contribution in [0.1, 0.15) is 50.3 Å². The number of hydrogen-bond acceptors (Lipinski definition) is 1. The second-order valence-electron chi connectivity index (χ2n) is 4.95. The maximum atomic E-state index is 13.6. The van der Waals surface area contributed by atoms with Crippen LogP contribution in [0.5, 0.6) is 0 Å². The molecule has 0 aliphatic heterocycles. The number of nitrogens with zero attached hydrogens (tertiary/aromatic N) is 1. The van der Waals surface area contributed by atoms with Crippen LogP contribution in [0.2, 0.25) is 0 Å². The molecule has 17 heavy (non-hydrogen) atoms. The molecule has 0 spiro atoms. The van der Waals surface area contributed by atoms with Gasteiger partial charge in [-0.05, 0) is 25.0 Å². The second-order valence-corrected chi connectivity index (χ2v) is 4.95. The van der Waals surface area contributed by atoms with Crippen molar-refractivity contribution in [1.82, 2.24) is 9.97 Å². The zero-order chi connectivity index (χ0) is 11.7. The standard InChI is InChI=1S/C14H17FN2/c15-11-8-5-9-12-13(11)17-14(16-12)10-6-3-1-2-4-7-10/h5,8-10H,1-4,6-7H2,(H,16,17). The number of nitrogens with one attached hydrogen (secondary N) is 1. The van der Waals surface area contributed by atoms with Gasteiger partial charge in [-0.3, -0.25) is 0 Å². The van der Waals surface area contributed by atoms with Crippen molar-refractivity contribution in [3.63, 3.8) is 0 Å². The fraction of sp³-hybridized carbons (Fsp3) is 0.500. The largest absolute Gasteiger partial charge is 0.342 e. The number of imidazole rings is 1. The Bertz CT molecular complexity index is 510. The first-order chi connectivity index (χ1) is 8.34. The topological polar surface area (TPSA) is 28.7 Å². The highest BCUT2D eigenvalue weighted by Crippen LogP contribution is 2.31. The van der Waals surface area contributed by atoms with Gasteiger partial charge in [0.2, 0.25) is 0 Å². The Kier molecular flexibility index (Phi) is 2.83. The van der Waals surface area contributed by atoms with Crippen LogP contribution in [-0.2, 0) is 0 Å². The summed E-state index contributed by atoms with van der Waals surface area (Å²) >= 11 is 0. The lowest BCUT2D eigenvalue weighted by molar-refractivity contribution is 0.566. The van der Waals surface area contributed by atoms with E-state index in [2.05, 4.69) is 9.97 Å². The van der Waals surface area contributed by atoms with Crippen molar-refractivity contribution < 1.29 is 4.39 Å². The number of fused-ring (bicyclic) bond motifs is 1. The minimum absolute atomic E-state index is 0.223. The van der Waals surface area contributed by atoms with Crippen LogP contribution in [0, 0.1) is 5.82 Å². The first kappa shape index (κ1) is 10.8. The Hall–Kier alpha value is -1.38. The van der Waals surface area contributed by atoms with E-state index in [0.717, 1.165) is 11.3 Å². The lowest BCUT2D eigenvalue weighted by atomic mass is 10.00. The molecule has 1 aliphatic carbocycles. The molecule has 0 bridgehead atoms. The minimum Gasteiger partial charge on any atom is -0.342 e. The van der Waals surface area contributed by atoms with Crippen LogP contribution in [0.3, 0.4) is 0 Å². The molecule has 2 aromatic rings. The molecule has 0 saturated heterocycles. The van der Waals surface area contributed by atoms with E-state index in [1.165, 1.54) is 44.6 Å². The summed E-state index contributed by atoms with van der Waals surface area (Å²) in [4.78, 5) is 7.73. The summed E-state index contributed by atoms with van der Waals surface area (Å²) in [6.45, 7) is 0. The molecule has 0 amide bonds. The van der Waals surface area contributed by atoms with Gasteiger partial charge < -0.3 is 4.98 Å². The summed E-state index contributed by atoms with van der Waals surface area (Å²) in [6.07, 6.45) is 7.55. The SMILES string of the molecule is Fc1cccc2[nH]c(C3CCCCCC3)nc12. The van der Waals surface area contributed by atoms with Crippen molar-refractivity contribution in [2.45, 2.75) is 44.4 Å². The molecule has 1 aromatic heterocycles. The molecule has 1 aromatic carbocycles. The second kappa shape index (κ2) is 4.47. The maximum absolute atomic E-state index is 13.6. The minimum atomic E-state index is -0.223. The van der Waals surface area contributed by atoms with E-state index in [4.69, 9.17) is 0 Å². The Morgan fingerprint density at radius 3 is 2.59 bits per heavy atom. The summed E-state index contributed by atoms with van der Waals surface area (Å²) in [5, 5.41) is 0. The molecule has 0 unspecified atom stereocenters. The summed E-state index contributed by atoms with van der Waals surface area (Å²) in [7, 11) is 0. The van der Waals surface area contributed by atoms with Gasteiger partial charge >= 0.3 is 0 Å². The van der Waals surface area contributed by atoms with E-state index in [-0.39, 0.29) is 5.82 Å². The predicted octanol–water partition coefficient (Wildman–Crippen LogP) is 4.14. The number of hydrogen-bond donors (Lipinski definition) is 1. The number of para-hydroxylation sites is 1. The molecule has 1 aliphatic rings. The van der Waals surface area contributed by atoms with Gasteiger partial charge in [0, 0.05) is 5.92 Å². The van der Waals surface area contributed by atoms with Crippen molar-refractivity contribution in [1.29, 1.82) is 0 Å². The average Bonchev–Trinajstić information content (AvgIpc) is 2.59. The molecule has 90 valence electrons. The Morgan fingerprint density at radius 2 is 1.88 bits per heavy atom. The van der Waals surface area contributed by atoms with Gasteiger partial charge in [-0.1, -0.05) is 31.7 Å². The van der Waals surface area contributed by atoms with Gasteiger partial charge in [0.25, 0.3) is 0 Å². The van der Waals surface area contributed by atoms with Gasteiger partial charge in [-0.25, -0.2) is 9.37 Å². The van der Waals surface area contributed by atoms with Crippen LogP contribution < -0.4 is 0 Å². The predicted molar refractivity (Wildman–Crippen MR) is 66.5 cm³/mol. The number of rotatable bonds is 1. The van der Waals surface area contributed by atoms with Crippen LogP contribution >= 0.6 is 0 Å². The quantitative estimate of drug-likeness (QED) is 0.735. The van der Waals surface area contributed by atoms with Gasteiger partial charge in [-0.2, -0.15) is 0 Å². The van der Waals surface area contributed by atoms with Crippen molar-refractivity contribution in [2.75, 3.05) is 0 Å². The third kappa shape index (κ3) is 2.06. The lowest BCUT2D eigenvalue weighted by Crippen LogP contribution is -1.99. The Balaban J connectivity index is 1.96. The summed E-state index contributed by atoms with van der Waals surface area (Å²) in [6, 6.07) is 5.10. The Morgan fingerprint density at radius 1 is 1.12 bits per heavy atom. The van der Waals surface area contributed by atoms with E-state index in [1.54, 1.807) is 6.07 Å². The number of aromatic nitrogens is 2. The van der Waals surface area contributed by atoms with Crippen LogP contribution in [-0.4, -0.2) is 9.97 Å². The highest BCUT2D eigenvalue weighted by molar-refractivity contribution is 5.75. The van der Waals surface area contributed by atoms with Crippen LogP contribution in [0.4, 0.5) is 4.39 Å². The van der Waals surface area contributed by atoms with Crippen molar-refractivity contribution in [3.8, 4) is 0 Å². The molecular weight excluding hydrogens is 215 g/mol. The van der Waals surface area contributed by atoms with E-state index in [0.29, 0.717) is 11.4 Å². The molecule has 0 atom stereocenters. The molecule has 3 heteroatoms. The summed E-state index contributed by atoms with van der Waals surface area (Å²) in [5.74, 6) is 1.25. The van der Waals surface area contributed by atoms with Gasteiger partial charge in [-0.15, -0.1) is 0 Å². The zero-order valence-corrected chi connectivity index (χ0v) is 9.88. The molecule has 3 rings (SSSR count). The smallest absolute Gasteiger partial charge is 0.151 e. The van der Waals surface area contributed by atoms with Crippen molar-refractivity contribution in [2.24, 2.45) is 0 Å². The number of benzene rings is 1. The average molecular weight is 232 g/mol. The van der Waals surface area contributed by atoms with E-state index < -0.39 is 0 Å². The number of aromatic amines is 1. The van der Waals surface area contributed by atoms with Crippen molar-refractivity contribution >= 4 is 11.0 Å². The fourth-order valence-electron chi connectivity index (χ4n) is 2.76. The zero-order valence-electron chi connectivity index (χ0n) is 9.88. The van der Waals surface area contributed by atoms with Crippen LogP contribution in [0.15, 0.2) is 18.2 Å². The maximum Gasteiger partial charge on any atom is 0.151 e. The molecule has 0 radical (unpaired) electrons. The monoisotopic (exact) mass is 232 g/mol. The number of H-pyrrole nitrogens is 1. The Labute approximate surface area is 100 Å². The van der Waals surface area contributed by atoms with E-state index >= 15 is 0 Å². The van der Waals surface area contributed by atoms with E-state index in [1.807, 2.05) is 6.07 Å². The van der Waals surface area contributed by atoms with Gasteiger partial charge in [0.15, 0.2) is 5.82 Å². The molecule has 2 nitrogen and oxygen atoms in total. The molecule has 1 heterocycles. The number of halogens is 1.